The Labute approximate surface area is 149 Å². The number of aryl methyl sites for hydroxylation is 3. The van der Waals surface area contributed by atoms with E-state index in [2.05, 4.69) is 32.0 Å². The van der Waals surface area contributed by atoms with Crippen LogP contribution in [-0.4, -0.2) is 72.7 Å². The van der Waals surface area contributed by atoms with E-state index in [0.717, 1.165) is 6.42 Å². The molecule has 1 atom stereocenters. The fourth-order valence-electron chi connectivity index (χ4n) is 3.32. The lowest BCUT2D eigenvalue weighted by Crippen LogP contribution is -2.49. The predicted molar refractivity (Wildman–Crippen MR) is 95.7 cm³/mol. The van der Waals surface area contributed by atoms with Gasteiger partial charge in [-0.1, -0.05) is 29.3 Å². The topological polar surface area (TPSA) is 70.1 Å². The first-order chi connectivity index (χ1) is 11.8. The summed E-state index contributed by atoms with van der Waals surface area (Å²) in [6, 6.07) is 6.39. The van der Waals surface area contributed by atoms with E-state index in [1.54, 1.807) is 11.9 Å². The lowest BCUT2D eigenvalue weighted by Gasteiger charge is -2.34. The second-order valence-corrected chi connectivity index (χ2v) is 6.92. The third kappa shape index (κ3) is 6.48. The Morgan fingerprint density at radius 1 is 1.28 bits per heavy atom. The average Bonchev–Trinajstić information content (AvgIpc) is 2.51. The molecule has 6 heteroatoms. The maximum absolute atomic E-state index is 12.5. The first-order valence-corrected chi connectivity index (χ1v) is 8.70. The van der Waals surface area contributed by atoms with Crippen LogP contribution in [0.2, 0.25) is 0 Å². The van der Waals surface area contributed by atoms with Crippen molar-refractivity contribution in [3.05, 3.63) is 34.9 Å². The van der Waals surface area contributed by atoms with E-state index in [1.807, 2.05) is 4.90 Å². The highest BCUT2D eigenvalue weighted by molar-refractivity contribution is 5.76. The minimum atomic E-state index is -0.861. The van der Waals surface area contributed by atoms with Gasteiger partial charge in [0.2, 0.25) is 5.91 Å². The van der Waals surface area contributed by atoms with Crippen LogP contribution in [0.4, 0.5) is 0 Å². The van der Waals surface area contributed by atoms with E-state index in [0.29, 0.717) is 32.7 Å². The second kappa shape index (κ2) is 8.97. The third-order valence-corrected chi connectivity index (χ3v) is 4.32. The summed E-state index contributed by atoms with van der Waals surface area (Å²) in [5.41, 5.74) is 3.63. The van der Waals surface area contributed by atoms with Gasteiger partial charge < -0.3 is 14.7 Å². The van der Waals surface area contributed by atoms with E-state index in [1.165, 1.54) is 16.7 Å². The van der Waals surface area contributed by atoms with E-state index in [-0.39, 0.29) is 18.6 Å². The summed E-state index contributed by atoms with van der Waals surface area (Å²) < 4.78 is 5.68. The van der Waals surface area contributed by atoms with Gasteiger partial charge in [0.25, 0.3) is 0 Å². The molecule has 6 nitrogen and oxygen atoms in total. The van der Waals surface area contributed by atoms with Crippen molar-refractivity contribution in [1.82, 2.24) is 9.80 Å². The molecule has 1 aromatic carbocycles. The molecule has 1 N–H and O–H groups in total. The molecule has 1 heterocycles. The van der Waals surface area contributed by atoms with Crippen LogP contribution in [0.1, 0.15) is 23.1 Å². The predicted octanol–water partition coefficient (Wildman–Crippen LogP) is 1.48. The van der Waals surface area contributed by atoms with Crippen LogP contribution in [0.25, 0.3) is 0 Å². The fourth-order valence-corrected chi connectivity index (χ4v) is 3.32. The molecule has 1 unspecified atom stereocenters. The van der Waals surface area contributed by atoms with Crippen molar-refractivity contribution >= 4 is 11.9 Å². The summed E-state index contributed by atoms with van der Waals surface area (Å²) >= 11 is 0. The number of hydrogen-bond acceptors (Lipinski definition) is 4. The van der Waals surface area contributed by atoms with Crippen LogP contribution in [0.3, 0.4) is 0 Å². The molecule has 0 bridgehead atoms. The van der Waals surface area contributed by atoms with Crippen LogP contribution in [0, 0.1) is 13.8 Å². The van der Waals surface area contributed by atoms with Crippen LogP contribution < -0.4 is 0 Å². The van der Waals surface area contributed by atoms with Crippen molar-refractivity contribution in [1.29, 1.82) is 0 Å². The molecule has 0 spiro atoms. The highest BCUT2D eigenvalue weighted by Crippen LogP contribution is 2.13. The third-order valence-electron chi connectivity index (χ3n) is 4.32. The van der Waals surface area contributed by atoms with Gasteiger partial charge in [-0.25, -0.2) is 0 Å². The molecule has 1 fully saturated rings. The summed E-state index contributed by atoms with van der Waals surface area (Å²) in [6.45, 7) is 6.24. The number of rotatable bonds is 7. The lowest BCUT2D eigenvalue weighted by molar-refractivity contribution is -0.142. The SMILES string of the molecule is Cc1cc(C)cc(CCC(=O)N2CCOC(CN(C)CC(=O)O)C2)c1. The standard InChI is InChI=1S/C19H28N2O4/c1-14-8-15(2)10-16(9-14)4-5-18(22)21-6-7-25-17(12-21)11-20(3)13-19(23)24/h8-10,17H,4-7,11-13H2,1-3H3,(H,23,24). The Bertz CT molecular complexity index is 597. The average molecular weight is 348 g/mol. The molecule has 1 amide bonds. The summed E-state index contributed by atoms with van der Waals surface area (Å²) in [4.78, 5) is 26.8. The van der Waals surface area contributed by atoms with Gasteiger partial charge >= 0.3 is 5.97 Å². The zero-order valence-electron chi connectivity index (χ0n) is 15.3. The molecule has 0 saturated carbocycles. The smallest absolute Gasteiger partial charge is 0.317 e. The molecule has 0 radical (unpaired) electrons. The molecule has 1 aliphatic rings. The van der Waals surface area contributed by atoms with Crippen molar-refractivity contribution < 1.29 is 19.4 Å². The van der Waals surface area contributed by atoms with Gasteiger partial charge in [0, 0.05) is 26.1 Å². The van der Waals surface area contributed by atoms with Gasteiger partial charge in [0.05, 0.1) is 19.3 Å². The molecule has 2 rings (SSSR count). The summed E-state index contributed by atoms with van der Waals surface area (Å²) in [7, 11) is 1.75. The highest BCUT2D eigenvalue weighted by Gasteiger charge is 2.25. The first kappa shape index (κ1) is 19.4. The van der Waals surface area contributed by atoms with Gasteiger partial charge in [-0.3, -0.25) is 14.5 Å². The molecule has 0 aromatic heterocycles. The van der Waals surface area contributed by atoms with E-state index in [4.69, 9.17) is 9.84 Å². The number of morpholine rings is 1. The molecule has 1 saturated heterocycles. The number of nitrogens with zero attached hydrogens (tertiary/aromatic N) is 2. The minimum absolute atomic E-state index is 0.0273. The number of benzene rings is 1. The van der Waals surface area contributed by atoms with Gasteiger partial charge in [-0.2, -0.15) is 0 Å². The lowest BCUT2D eigenvalue weighted by atomic mass is 10.0. The van der Waals surface area contributed by atoms with Crippen molar-refractivity contribution in [2.24, 2.45) is 0 Å². The second-order valence-electron chi connectivity index (χ2n) is 6.92. The fraction of sp³-hybridized carbons (Fsp3) is 0.579. The van der Waals surface area contributed by atoms with Crippen LogP contribution in [-0.2, 0) is 20.7 Å². The molecular formula is C19H28N2O4. The van der Waals surface area contributed by atoms with Crippen LogP contribution in [0.5, 0.6) is 0 Å². The Hall–Kier alpha value is -1.92. The number of aliphatic carboxylic acids is 1. The Kier molecular flexibility index (Phi) is 6.96. The normalized spacial score (nSPS) is 17.8. The number of likely N-dealkylation sites (N-methyl/N-ethyl adjacent to an activating group) is 1. The number of hydrogen-bond donors (Lipinski definition) is 1. The van der Waals surface area contributed by atoms with E-state index in [9.17, 15) is 9.59 Å². The molecule has 1 aliphatic heterocycles. The molecule has 1 aromatic rings. The number of carbonyl (C=O) groups excluding carboxylic acids is 1. The monoisotopic (exact) mass is 348 g/mol. The number of carboxylic acid groups (broad SMARTS) is 1. The van der Waals surface area contributed by atoms with Crippen molar-refractivity contribution in [2.45, 2.75) is 32.8 Å². The largest absolute Gasteiger partial charge is 0.480 e. The minimum Gasteiger partial charge on any atom is -0.480 e. The highest BCUT2D eigenvalue weighted by atomic mass is 16.5. The van der Waals surface area contributed by atoms with Crippen molar-refractivity contribution in [3.63, 3.8) is 0 Å². The number of amides is 1. The van der Waals surface area contributed by atoms with Crippen molar-refractivity contribution in [2.75, 3.05) is 39.8 Å². The first-order valence-electron chi connectivity index (χ1n) is 8.70. The van der Waals surface area contributed by atoms with Gasteiger partial charge in [0.15, 0.2) is 0 Å². The molecule has 138 valence electrons. The van der Waals surface area contributed by atoms with Gasteiger partial charge in [-0.05, 0) is 32.9 Å². The molecule has 0 aliphatic carbocycles. The molecular weight excluding hydrogens is 320 g/mol. The maximum Gasteiger partial charge on any atom is 0.317 e. The van der Waals surface area contributed by atoms with E-state index < -0.39 is 5.97 Å². The summed E-state index contributed by atoms with van der Waals surface area (Å²) in [5.74, 6) is -0.729. The Balaban J connectivity index is 1.83. The number of carbonyl (C=O) groups is 2. The Morgan fingerprint density at radius 3 is 2.60 bits per heavy atom. The number of carboxylic acids is 1. The molecule has 25 heavy (non-hydrogen) atoms. The van der Waals surface area contributed by atoms with Gasteiger partial charge in [-0.15, -0.1) is 0 Å². The van der Waals surface area contributed by atoms with E-state index >= 15 is 0 Å². The quantitative estimate of drug-likeness (QED) is 0.808. The van der Waals surface area contributed by atoms with Crippen LogP contribution >= 0.6 is 0 Å². The Morgan fingerprint density at radius 2 is 1.96 bits per heavy atom. The number of ether oxygens (including phenoxy) is 1. The maximum atomic E-state index is 12.5. The summed E-state index contributed by atoms with van der Waals surface area (Å²) in [5, 5.41) is 8.82. The zero-order valence-corrected chi connectivity index (χ0v) is 15.3. The summed E-state index contributed by atoms with van der Waals surface area (Å²) in [6.07, 6.45) is 1.09. The van der Waals surface area contributed by atoms with Crippen molar-refractivity contribution in [3.8, 4) is 0 Å². The van der Waals surface area contributed by atoms with Crippen LogP contribution in [0.15, 0.2) is 18.2 Å². The zero-order chi connectivity index (χ0) is 18.4. The van der Waals surface area contributed by atoms with Gasteiger partial charge in [0.1, 0.15) is 0 Å².